The SMILES string of the molecule is NC(=O)c1cc(C2CCCN(C(=O)C3CC3c3ccccc3)C2)[nH]n1. The third-order valence-corrected chi connectivity index (χ3v) is 5.36. The highest BCUT2D eigenvalue weighted by Crippen LogP contribution is 2.48. The summed E-state index contributed by atoms with van der Waals surface area (Å²) < 4.78 is 0. The summed E-state index contributed by atoms with van der Waals surface area (Å²) >= 11 is 0. The lowest BCUT2D eigenvalue weighted by atomic mass is 9.94. The summed E-state index contributed by atoms with van der Waals surface area (Å²) in [6, 6.07) is 12.0. The molecule has 6 heteroatoms. The van der Waals surface area contributed by atoms with Crippen LogP contribution in [0.1, 0.15) is 52.8 Å². The molecule has 2 heterocycles. The van der Waals surface area contributed by atoms with Crippen LogP contribution >= 0.6 is 0 Å². The number of carbonyl (C=O) groups excluding carboxylic acids is 2. The summed E-state index contributed by atoms with van der Waals surface area (Å²) in [5, 5.41) is 6.86. The quantitative estimate of drug-likeness (QED) is 0.893. The third kappa shape index (κ3) is 3.16. The van der Waals surface area contributed by atoms with Gasteiger partial charge < -0.3 is 10.6 Å². The molecule has 25 heavy (non-hydrogen) atoms. The number of carbonyl (C=O) groups is 2. The van der Waals surface area contributed by atoms with Gasteiger partial charge in [-0.25, -0.2) is 0 Å². The fourth-order valence-electron chi connectivity index (χ4n) is 3.87. The molecule has 1 aliphatic carbocycles. The van der Waals surface area contributed by atoms with Gasteiger partial charge in [-0.2, -0.15) is 5.10 Å². The van der Waals surface area contributed by atoms with Gasteiger partial charge >= 0.3 is 0 Å². The van der Waals surface area contributed by atoms with E-state index in [0.29, 0.717) is 12.5 Å². The highest BCUT2D eigenvalue weighted by molar-refractivity contribution is 5.90. The van der Waals surface area contributed by atoms with Crippen LogP contribution in [-0.2, 0) is 4.79 Å². The Balaban J connectivity index is 1.41. The smallest absolute Gasteiger partial charge is 0.269 e. The zero-order valence-electron chi connectivity index (χ0n) is 14.0. The number of aromatic amines is 1. The fourth-order valence-corrected chi connectivity index (χ4v) is 3.87. The lowest BCUT2D eigenvalue weighted by molar-refractivity contribution is -0.133. The van der Waals surface area contributed by atoms with Gasteiger partial charge in [-0.3, -0.25) is 14.7 Å². The average Bonchev–Trinajstić information content (AvgIpc) is 3.29. The minimum atomic E-state index is -0.532. The monoisotopic (exact) mass is 338 g/mol. The minimum absolute atomic E-state index is 0.115. The van der Waals surface area contributed by atoms with E-state index in [1.165, 1.54) is 5.56 Å². The number of primary amides is 1. The average molecular weight is 338 g/mol. The van der Waals surface area contributed by atoms with Crippen LogP contribution in [0.4, 0.5) is 0 Å². The predicted octanol–water partition coefficient (Wildman–Crippen LogP) is 2.02. The normalized spacial score (nSPS) is 25.6. The summed E-state index contributed by atoms with van der Waals surface area (Å²) in [4.78, 5) is 26.1. The van der Waals surface area contributed by atoms with Crippen LogP contribution in [0.15, 0.2) is 36.4 Å². The Bertz CT molecular complexity index is 786. The molecule has 2 aliphatic rings. The van der Waals surface area contributed by atoms with E-state index < -0.39 is 5.91 Å². The van der Waals surface area contributed by atoms with Crippen molar-refractivity contribution in [2.45, 2.75) is 31.1 Å². The number of hydrogen-bond donors (Lipinski definition) is 2. The Morgan fingerprint density at radius 1 is 1.24 bits per heavy atom. The summed E-state index contributed by atoms with van der Waals surface area (Å²) in [7, 11) is 0. The molecule has 2 fully saturated rings. The van der Waals surface area contributed by atoms with Gasteiger partial charge in [0.2, 0.25) is 5.91 Å². The number of piperidine rings is 1. The summed E-state index contributed by atoms with van der Waals surface area (Å²) in [5.74, 6) is 0.391. The Kier molecular flexibility index (Phi) is 4.03. The van der Waals surface area contributed by atoms with E-state index in [2.05, 4.69) is 22.3 Å². The summed E-state index contributed by atoms with van der Waals surface area (Å²) in [6.07, 6.45) is 2.89. The second-order valence-corrected chi connectivity index (χ2v) is 7.06. The Morgan fingerprint density at radius 3 is 2.76 bits per heavy atom. The van der Waals surface area contributed by atoms with E-state index in [1.807, 2.05) is 23.1 Å². The zero-order chi connectivity index (χ0) is 17.4. The van der Waals surface area contributed by atoms with Crippen LogP contribution in [0.3, 0.4) is 0 Å². The predicted molar refractivity (Wildman–Crippen MR) is 93.0 cm³/mol. The van der Waals surface area contributed by atoms with E-state index in [0.717, 1.165) is 31.5 Å². The second-order valence-electron chi connectivity index (χ2n) is 7.06. The number of nitrogens with two attached hydrogens (primary N) is 1. The molecule has 4 rings (SSSR count). The number of amides is 2. The standard InChI is InChI=1S/C19H22N4O2/c20-18(24)17-10-16(21-22-17)13-7-4-8-23(11-13)19(25)15-9-14(15)12-5-2-1-3-6-12/h1-3,5-6,10,13-15H,4,7-9,11H2,(H2,20,24)(H,21,22). The molecular formula is C19H22N4O2. The van der Waals surface area contributed by atoms with E-state index in [9.17, 15) is 9.59 Å². The molecule has 1 aromatic carbocycles. The number of aromatic nitrogens is 2. The van der Waals surface area contributed by atoms with Crippen molar-refractivity contribution in [2.24, 2.45) is 11.7 Å². The van der Waals surface area contributed by atoms with E-state index >= 15 is 0 Å². The molecule has 0 bridgehead atoms. The molecule has 1 aromatic heterocycles. The first kappa shape index (κ1) is 15.9. The number of hydrogen-bond acceptors (Lipinski definition) is 3. The first-order valence-electron chi connectivity index (χ1n) is 8.82. The van der Waals surface area contributed by atoms with Crippen molar-refractivity contribution in [3.63, 3.8) is 0 Å². The van der Waals surface area contributed by atoms with Gasteiger partial charge in [0.05, 0.1) is 0 Å². The lowest BCUT2D eigenvalue weighted by Crippen LogP contribution is -2.40. The number of H-pyrrole nitrogens is 1. The van der Waals surface area contributed by atoms with E-state index in [-0.39, 0.29) is 23.4 Å². The first-order valence-corrected chi connectivity index (χ1v) is 8.82. The molecule has 130 valence electrons. The molecule has 3 atom stereocenters. The number of nitrogens with zero attached hydrogens (tertiary/aromatic N) is 2. The van der Waals surface area contributed by atoms with Gasteiger partial charge in [-0.05, 0) is 36.8 Å². The maximum absolute atomic E-state index is 12.9. The van der Waals surface area contributed by atoms with Crippen molar-refractivity contribution < 1.29 is 9.59 Å². The Morgan fingerprint density at radius 2 is 2.04 bits per heavy atom. The van der Waals surface area contributed by atoms with Gasteiger partial charge in [-0.1, -0.05) is 30.3 Å². The van der Waals surface area contributed by atoms with Crippen LogP contribution < -0.4 is 5.73 Å². The lowest BCUT2D eigenvalue weighted by Gasteiger charge is -2.32. The van der Waals surface area contributed by atoms with Crippen LogP contribution in [0.2, 0.25) is 0 Å². The Hall–Kier alpha value is -2.63. The van der Waals surface area contributed by atoms with Crippen molar-refractivity contribution in [2.75, 3.05) is 13.1 Å². The van der Waals surface area contributed by atoms with Crippen molar-refractivity contribution in [3.8, 4) is 0 Å². The van der Waals surface area contributed by atoms with Crippen molar-refractivity contribution in [1.82, 2.24) is 15.1 Å². The second kappa shape index (κ2) is 6.35. The third-order valence-electron chi connectivity index (χ3n) is 5.36. The summed E-state index contributed by atoms with van der Waals surface area (Å²) in [5.41, 5.74) is 7.67. The van der Waals surface area contributed by atoms with E-state index in [4.69, 9.17) is 5.73 Å². The zero-order valence-corrected chi connectivity index (χ0v) is 14.0. The first-order chi connectivity index (χ1) is 12.1. The van der Waals surface area contributed by atoms with Gasteiger partial charge in [0.1, 0.15) is 5.69 Å². The maximum atomic E-state index is 12.9. The van der Waals surface area contributed by atoms with Crippen LogP contribution in [0, 0.1) is 5.92 Å². The molecule has 2 amide bonds. The molecule has 0 spiro atoms. The molecule has 1 saturated carbocycles. The van der Waals surface area contributed by atoms with Crippen molar-refractivity contribution >= 4 is 11.8 Å². The molecule has 3 unspecified atom stereocenters. The van der Waals surface area contributed by atoms with Gasteiger partial charge in [0, 0.05) is 30.6 Å². The maximum Gasteiger partial charge on any atom is 0.269 e. The van der Waals surface area contributed by atoms with Gasteiger partial charge in [-0.15, -0.1) is 0 Å². The number of rotatable bonds is 4. The molecule has 6 nitrogen and oxygen atoms in total. The topological polar surface area (TPSA) is 92.1 Å². The number of nitrogens with one attached hydrogen (secondary N) is 1. The molecule has 2 aromatic rings. The van der Waals surface area contributed by atoms with Gasteiger partial charge in [0.25, 0.3) is 5.91 Å². The summed E-state index contributed by atoms with van der Waals surface area (Å²) in [6.45, 7) is 1.49. The van der Waals surface area contributed by atoms with Crippen molar-refractivity contribution in [3.05, 3.63) is 53.3 Å². The molecule has 1 aliphatic heterocycles. The van der Waals surface area contributed by atoms with Gasteiger partial charge in [0.15, 0.2) is 0 Å². The highest BCUT2D eigenvalue weighted by atomic mass is 16.2. The molecule has 3 N–H and O–H groups in total. The number of benzene rings is 1. The van der Waals surface area contributed by atoms with E-state index in [1.54, 1.807) is 6.07 Å². The molecule has 1 saturated heterocycles. The minimum Gasteiger partial charge on any atom is -0.364 e. The van der Waals surface area contributed by atoms with Crippen LogP contribution in [-0.4, -0.2) is 40.0 Å². The highest BCUT2D eigenvalue weighted by Gasteiger charge is 2.46. The fraction of sp³-hybridized carbons (Fsp3) is 0.421. The molecule has 0 radical (unpaired) electrons. The Labute approximate surface area is 146 Å². The van der Waals surface area contributed by atoms with Crippen LogP contribution in [0.25, 0.3) is 0 Å². The van der Waals surface area contributed by atoms with Crippen LogP contribution in [0.5, 0.6) is 0 Å². The number of likely N-dealkylation sites (tertiary alicyclic amines) is 1. The van der Waals surface area contributed by atoms with Crippen molar-refractivity contribution in [1.29, 1.82) is 0 Å². The largest absolute Gasteiger partial charge is 0.364 e. The molecular weight excluding hydrogens is 316 g/mol.